The smallest absolute Gasteiger partial charge is 0.183 e. The van der Waals surface area contributed by atoms with Gasteiger partial charge in [0.15, 0.2) is 4.47 Å². The number of hydrogen-bond donors (Lipinski definition) is 1. The molecular weight excluding hydrogens is 351 g/mol. The lowest BCUT2D eigenvalue weighted by atomic mass is 10.2. The molecule has 0 atom stereocenters. The highest BCUT2D eigenvalue weighted by Crippen LogP contribution is 2.30. The first-order valence-corrected chi connectivity index (χ1v) is 9.19. The molecule has 2 aromatic carbocycles. The quantitative estimate of drug-likeness (QED) is 0.556. The molecule has 1 N–H and O–H groups in total. The van der Waals surface area contributed by atoms with Crippen LogP contribution in [0.1, 0.15) is 10.4 Å². The summed E-state index contributed by atoms with van der Waals surface area (Å²) in [6.07, 6.45) is 1.79. The number of rotatable bonds is 6. The largest absolute Gasteiger partial charge is 0.379 e. The van der Waals surface area contributed by atoms with Gasteiger partial charge in [-0.3, -0.25) is 0 Å². The van der Waals surface area contributed by atoms with E-state index in [1.165, 1.54) is 23.5 Å². The molecule has 0 saturated heterocycles. The van der Waals surface area contributed by atoms with Crippen LogP contribution in [0, 0.1) is 5.82 Å². The van der Waals surface area contributed by atoms with Crippen molar-refractivity contribution < 1.29 is 4.39 Å². The van der Waals surface area contributed by atoms with Crippen molar-refractivity contribution in [2.75, 3.05) is 5.32 Å². The van der Waals surface area contributed by atoms with Gasteiger partial charge in [-0.25, -0.2) is 9.37 Å². The molecule has 0 fully saturated rings. The highest BCUT2D eigenvalue weighted by atomic mass is 35.5. The molecule has 23 heavy (non-hydrogen) atoms. The van der Waals surface area contributed by atoms with Crippen LogP contribution in [0.15, 0.2) is 59.6 Å². The van der Waals surface area contributed by atoms with Crippen LogP contribution in [-0.4, -0.2) is 4.98 Å². The van der Waals surface area contributed by atoms with E-state index >= 15 is 0 Å². The topological polar surface area (TPSA) is 24.9 Å². The van der Waals surface area contributed by atoms with Crippen LogP contribution in [0.5, 0.6) is 0 Å². The third-order valence-electron chi connectivity index (χ3n) is 3.17. The van der Waals surface area contributed by atoms with Crippen LogP contribution in [0.25, 0.3) is 0 Å². The standard InChI is InChI=1S/C17H14ClFN2S2/c18-17-21-10-14(23-17)9-20-15-3-1-2-4-16(15)22-11-12-5-7-13(19)8-6-12/h1-8,10,20H,9,11H2. The van der Waals surface area contributed by atoms with E-state index in [-0.39, 0.29) is 5.82 Å². The summed E-state index contributed by atoms with van der Waals surface area (Å²) >= 11 is 9.05. The summed E-state index contributed by atoms with van der Waals surface area (Å²) in [6.45, 7) is 0.693. The molecule has 0 bridgehead atoms. The highest BCUT2D eigenvalue weighted by molar-refractivity contribution is 7.98. The van der Waals surface area contributed by atoms with Crippen LogP contribution in [0.4, 0.5) is 10.1 Å². The van der Waals surface area contributed by atoms with E-state index in [1.54, 1.807) is 18.0 Å². The lowest BCUT2D eigenvalue weighted by Gasteiger charge is -2.11. The molecule has 0 aliphatic rings. The molecule has 0 amide bonds. The number of thioether (sulfide) groups is 1. The molecule has 0 radical (unpaired) electrons. The minimum Gasteiger partial charge on any atom is -0.379 e. The van der Waals surface area contributed by atoms with Crippen molar-refractivity contribution in [1.29, 1.82) is 0 Å². The molecule has 1 aromatic heterocycles. The van der Waals surface area contributed by atoms with Gasteiger partial charge in [0.05, 0.1) is 6.54 Å². The molecule has 0 aliphatic carbocycles. The fourth-order valence-electron chi connectivity index (χ4n) is 2.03. The van der Waals surface area contributed by atoms with Gasteiger partial charge < -0.3 is 5.32 Å². The number of hydrogen-bond acceptors (Lipinski definition) is 4. The van der Waals surface area contributed by atoms with Crippen LogP contribution in [-0.2, 0) is 12.3 Å². The Morgan fingerprint density at radius 1 is 1.13 bits per heavy atom. The second-order valence-corrected chi connectivity index (χ2v) is 7.56. The van der Waals surface area contributed by atoms with Gasteiger partial charge in [0, 0.05) is 27.4 Å². The van der Waals surface area contributed by atoms with E-state index < -0.39 is 0 Å². The first-order valence-electron chi connectivity index (χ1n) is 7.01. The van der Waals surface area contributed by atoms with E-state index in [1.807, 2.05) is 24.3 Å². The SMILES string of the molecule is Fc1ccc(CSc2ccccc2NCc2cnc(Cl)s2)cc1. The van der Waals surface area contributed by atoms with Gasteiger partial charge >= 0.3 is 0 Å². The first-order chi connectivity index (χ1) is 11.2. The Hall–Kier alpha value is -1.56. The minimum atomic E-state index is -0.205. The summed E-state index contributed by atoms with van der Waals surface area (Å²) in [5.41, 5.74) is 2.17. The second-order valence-electron chi connectivity index (χ2n) is 4.84. The highest BCUT2D eigenvalue weighted by Gasteiger charge is 2.05. The maximum Gasteiger partial charge on any atom is 0.183 e. The van der Waals surface area contributed by atoms with Crippen molar-refractivity contribution in [1.82, 2.24) is 4.98 Å². The van der Waals surface area contributed by atoms with E-state index in [0.29, 0.717) is 11.0 Å². The molecule has 1 heterocycles. The molecule has 2 nitrogen and oxygen atoms in total. The third kappa shape index (κ3) is 4.70. The zero-order valence-electron chi connectivity index (χ0n) is 12.1. The van der Waals surface area contributed by atoms with Gasteiger partial charge in [0.2, 0.25) is 0 Å². The summed E-state index contributed by atoms with van der Waals surface area (Å²) in [6, 6.07) is 14.8. The average molecular weight is 365 g/mol. The molecule has 0 saturated carbocycles. The number of aromatic nitrogens is 1. The van der Waals surface area contributed by atoms with E-state index in [0.717, 1.165) is 26.8 Å². The number of para-hydroxylation sites is 1. The predicted molar refractivity (Wildman–Crippen MR) is 96.9 cm³/mol. The number of anilines is 1. The summed E-state index contributed by atoms with van der Waals surface area (Å²) < 4.78 is 13.5. The monoisotopic (exact) mass is 364 g/mol. The fraction of sp³-hybridized carbons (Fsp3) is 0.118. The number of thiazole rings is 1. The summed E-state index contributed by atoms with van der Waals surface area (Å²) in [7, 11) is 0. The first kappa shape index (κ1) is 16.3. The zero-order valence-corrected chi connectivity index (χ0v) is 14.5. The molecule has 3 aromatic rings. The molecule has 3 rings (SSSR count). The van der Waals surface area contributed by atoms with Crippen LogP contribution in [0.3, 0.4) is 0 Å². The lowest BCUT2D eigenvalue weighted by Crippen LogP contribution is -1.98. The number of benzene rings is 2. The maximum absolute atomic E-state index is 12.9. The van der Waals surface area contributed by atoms with Gasteiger partial charge in [-0.1, -0.05) is 35.9 Å². The van der Waals surface area contributed by atoms with Gasteiger partial charge in [-0.2, -0.15) is 0 Å². The Kier molecular flexibility index (Phi) is 5.54. The van der Waals surface area contributed by atoms with Gasteiger partial charge in [-0.05, 0) is 29.8 Å². The number of halogens is 2. The van der Waals surface area contributed by atoms with Gasteiger partial charge in [0.25, 0.3) is 0 Å². The van der Waals surface area contributed by atoms with Gasteiger partial charge in [-0.15, -0.1) is 23.1 Å². The lowest BCUT2D eigenvalue weighted by molar-refractivity contribution is 0.627. The second kappa shape index (κ2) is 7.81. The predicted octanol–water partition coefficient (Wildman–Crippen LogP) is 5.84. The van der Waals surface area contributed by atoms with Crippen LogP contribution in [0.2, 0.25) is 4.47 Å². The van der Waals surface area contributed by atoms with Crippen molar-refractivity contribution in [2.24, 2.45) is 0 Å². The zero-order chi connectivity index (χ0) is 16.1. The molecular formula is C17H14ClFN2S2. The van der Waals surface area contributed by atoms with Crippen molar-refractivity contribution in [2.45, 2.75) is 17.2 Å². The fourth-order valence-corrected chi connectivity index (χ4v) is 3.93. The Morgan fingerprint density at radius 3 is 2.65 bits per heavy atom. The molecule has 118 valence electrons. The number of nitrogens with one attached hydrogen (secondary N) is 1. The van der Waals surface area contributed by atoms with Crippen molar-refractivity contribution in [3.05, 3.63) is 75.5 Å². The third-order valence-corrected chi connectivity index (χ3v) is 5.43. The van der Waals surface area contributed by atoms with Crippen molar-refractivity contribution in [3.63, 3.8) is 0 Å². The maximum atomic E-state index is 12.9. The molecule has 0 aliphatic heterocycles. The summed E-state index contributed by atoms with van der Waals surface area (Å²) in [5, 5.41) is 3.42. The summed E-state index contributed by atoms with van der Waals surface area (Å²) in [4.78, 5) is 6.29. The summed E-state index contributed by atoms with van der Waals surface area (Å²) in [5.74, 6) is 0.592. The molecule has 0 unspecified atom stereocenters. The normalized spacial score (nSPS) is 10.7. The minimum absolute atomic E-state index is 0.205. The van der Waals surface area contributed by atoms with Crippen molar-refractivity contribution >= 4 is 40.4 Å². The van der Waals surface area contributed by atoms with E-state index in [4.69, 9.17) is 11.6 Å². The average Bonchev–Trinajstić information content (AvgIpc) is 2.99. The Bertz CT molecular complexity index is 774. The Balaban J connectivity index is 1.64. The molecule has 6 heteroatoms. The Morgan fingerprint density at radius 2 is 1.91 bits per heavy atom. The van der Waals surface area contributed by atoms with Crippen LogP contribution >= 0.6 is 34.7 Å². The molecule has 0 spiro atoms. The van der Waals surface area contributed by atoms with Crippen molar-refractivity contribution in [3.8, 4) is 0 Å². The van der Waals surface area contributed by atoms with E-state index in [9.17, 15) is 4.39 Å². The Labute approximate surface area is 147 Å². The van der Waals surface area contributed by atoms with Gasteiger partial charge in [0.1, 0.15) is 5.82 Å². The van der Waals surface area contributed by atoms with Crippen LogP contribution < -0.4 is 5.32 Å². The number of nitrogens with zero attached hydrogens (tertiary/aromatic N) is 1. The van der Waals surface area contributed by atoms with E-state index in [2.05, 4.69) is 22.4 Å².